The lowest BCUT2D eigenvalue weighted by atomic mass is 10.1. The maximum atomic E-state index is 12.2. The average Bonchev–Trinajstić information content (AvgIpc) is 2.57. The third kappa shape index (κ3) is 3.97. The number of hydrogen-bond donors (Lipinski definition) is 3. The average molecular weight is 345 g/mol. The van der Waals surface area contributed by atoms with Crippen molar-refractivity contribution in [3.05, 3.63) is 52.6 Å². The van der Waals surface area contributed by atoms with E-state index < -0.39 is 5.91 Å². The molecule has 1 amide bonds. The van der Waals surface area contributed by atoms with Crippen LogP contribution in [0.25, 0.3) is 6.08 Å². The quantitative estimate of drug-likeness (QED) is 0.448. The second-order valence-corrected chi connectivity index (χ2v) is 5.13. The van der Waals surface area contributed by atoms with Gasteiger partial charge in [0.05, 0.1) is 12.1 Å². The van der Waals surface area contributed by atoms with Gasteiger partial charge in [0.1, 0.15) is 17.4 Å². The van der Waals surface area contributed by atoms with Crippen LogP contribution >= 0.6 is 11.6 Å². The second-order valence-electron chi connectivity index (χ2n) is 4.72. The summed E-state index contributed by atoms with van der Waals surface area (Å²) in [6, 6.07) is 10.5. The van der Waals surface area contributed by atoms with Crippen LogP contribution in [0.3, 0.4) is 0 Å². The van der Waals surface area contributed by atoms with E-state index in [4.69, 9.17) is 16.3 Å². The van der Waals surface area contributed by atoms with Crippen molar-refractivity contribution < 1.29 is 19.7 Å². The number of carbonyl (C=O) groups is 1. The minimum absolute atomic E-state index is 0.0387. The molecule has 0 atom stereocenters. The second kappa shape index (κ2) is 7.40. The van der Waals surface area contributed by atoms with Gasteiger partial charge in [0.25, 0.3) is 5.91 Å². The van der Waals surface area contributed by atoms with E-state index in [1.165, 1.54) is 49.6 Å². The van der Waals surface area contributed by atoms with Crippen LogP contribution in [0.15, 0.2) is 42.0 Å². The minimum Gasteiger partial charge on any atom is -0.508 e. The van der Waals surface area contributed by atoms with Crippen LogP contribution in [-0.4, -0.2) is 23.2 Å². The largest absolute Gasteiger partial charge is 0.508 e. The molecule has 122 valence electrons. The predicted octanol–water partition coefficient (Wildman–Crippen LogP) is 3.31. The molecule has 7 heteroatoms. The SMILES string of the molecule is COc1cc(C=C(C#N)C(=O)Nc2ccc(O)cc2)cc(Cl)c1O. The highest BCUT2D eigenvalue weighted by atomic mass is 35.5. The lowest BCUT2D eigenvalue weighted by molar-refractivity contribution is -0.112. The number of carbonyl (C=O) groups excluding carboxylic acids is 1. The molecule has 2 rings (SSSR count). The molecule has 0 radical (unpaired) electrons. The van der Waals surface area contributed by atoms with Crippen molar-refractivity contribution in [2.45, 2.75) is 0 Å². The Kier molecular flexibility index (Phi) is 5.30. The summed E-state index contributed by atoms with van der Waals surface area (Å²) in [6.07, 6.45) is 1.32. The van der Waals surface area contributed by atoms with Crippen LogP contribution in [0.1, 0.15) is 5.56 Å². The first kappa shape index (κ1) is 17.2. The van der Waals surface area contributed by atoms with Crippen LogP contribution in [0.4, 0.5) is 5.69 Å². The van der Waals surface area contributed by atoms with Gasteiger partial charge in [-0.2, -0.15) is 5.26 Å². The molecule has 0 saturated carbocycles. The molecule has 2 aromatic carbocycles. The fourth-order valence-electron chi connectivity index (χ4n) is 1.89. The van der Waals surface area contributed by atoms with Crippen molar-refractivity contribution in [3.8, 4) is 23.3 Å². The van der Waals surface area contributed by atoms with Crippen molar-refractivity contribution in [2.24, 2.45) is 0 Å². The smallest absolute Gasteiger partial charge is 0.266 e. The fraction of sp³-hybridized carbons (Fsp3) is 0.0588. The number of rotatable bonds is 4. The summed E-state index contributed by atoms with van der Waals surface area (Å²) in [6.45, 7) is 0. The van der Waals surface area contributed by atoms with Crippen LogP contribution in [0, 0.1) is 11.3 Å². The number of ether oxygens (including phenoxy) is 1. The summed E-state index contributed by atoms with van der Waals surface area (Å²) >= 11 is 5.88. The number of anilines is 1. The lowest BCUT2D eigenvalue weighted by Gasteiger charge is -2.07. The van der Waals surface area contributed by atoms with Crippen LogP contribution in [0.5, 0.6) is 17.2 Å². The topological polar surface area (TPSA) is 103 Å². The first-order valence-corrected chi connectivity index (χ1v) is 7.11. The lowest BCUT2D eigenvalue weighted by Crippen LogP contribution is -2.13. The van der Waals surface area contributed by atoms with E-state index in [2.05, 4.69) is 5.32 Å². The normalized spacial score (nSPS) is 10.8. The van der Waals surface area contributed by atoms with Gasteiger partial charge in [0.2, 0.25) is 0 Å². The van der Waals surface area contributed by atoms with Crippen LogP contribution < -0.4 is 10.1 Å². The standard InChI is InChI=1S/C17H13ClN2O4/c1-24-15-8-10(7-14(18)16(15)22)6-11(9-19)17(23)20-12-2-4-13(21)5-3-12/h2-8,21-22H,1H3,(H,20,23). The first-order valence-electron chi connectivity index (χ1n) is 6.73. The fourth-order valence-corrected chi connectivity index (χ4v) is 2.11. The van der Waals surface area contributed by atoms with E-state index in [0.717, 1.165) is 0 Å². The molecule has 3 N–H and O–H groups in total. The monoisotopic (exact) mass is 344 g/mol. The third-order valence-electron chi connectivity index (χ3n) is 3.07. The Bertz CT molecular complexity index is 839. The number of nitriles is 1. The molecule has 0 aliphatic heterocycles. The Morgan fingerprint density at radius 3 is 2.54 bits per heavy atom. The zero-order valence-corrected chi connectivity index (χ0v) is 13.3. The number of amides is 1. The number of benzene rings is 2. The highest BCUT2D eigenvalue weighted by molar-refractivity contribution is 6.32. The van der Waals surface area contributed by atoms with E-state index in [1.807, 2.05) is 0 Å². The molecule has 0 fully saturated rings. The highest BCUT2D eigenvalue weighted by Crippen LogP contribution is 2.35. The molecular weight excluding hydrogens is 332 g/mol. The van der Waals surface area contributed by atoms with E-state index >= 15 is 0 Å². The summed E-state index contributed by atoms with van der Waals surface area (Å²) in [4.78, 5) is 12.2. The Morgan fingerprint density at radius 1 is 1.29 bits per heavy atom. The van der Waals surface area contributed by atoms with Gasteiger partial charge in [-0.25, -0.2) is 0 Å². The molecule has 0 saturated heterocycles. The predicted molar refractivity (Wildman–Crippen MR) is 90.0 cm³/mol. The van der Waals surface area contributed by atoms with Crippen LogP contribution in [-0.2, 0) is 4.79 Å². The van der Waals surface area contributed by atoms with Crippen molar-refractivity contribution >= 4 is 29.3 Å². The van der Waals surface area contributed by atoms with Crippen LogP contribution in [0.2, 0.25) is 5.02 Å². The van der Waals surface area contributed by atoms with E-state index in [0.29, 0.717) is 11.3 Å². The zero-order valence-electron chi connectivity index (χ0n) is 12.6. The van der Waals surface area contributed by atoms with Gasteiger partial charge < -0.3 is 20.3 Å². The van der Waals surface area contributed by atoms with Gasteiger partial charge in [0.15, 0.2) is 11.5 Å². The van der Waals surface area contributed by atoms with Gasteiger partial charge in [-0.3, -0.25) is 4.79 Å². The minimum atomic E-state index is -0.619. The summed E-state index contributed by atoms with van der Waals surface area (Å²) in [5.74, 6) is -0.644. The summed E-state index contributed by atoms with van der Waals surface area (Å²) in [5, 5.41) is 30.7. The third-order valence-corrected chi connectivity index (χ3v) is 3.36. The number of aromatic hydroxyl groups is 2. The zero-order chi connectivity index (χ0) is 17.7. The molecule has 0 bridgehead atoms. The summed E-state index contributed by atoms with van der Waals surface area (Å²) in [7, 11) is 1.36. The highest BCUT2D eigenvalue weighted by Gasteiger charge is 2.12. The van der Waals surface area contributed by atoms with Gasteiger partial charge in [-0.1, -0.05) is 11.6 Å². The summed E-state index contributed by atoms with van der Waals surface area (Å²) < 4.78 is 4.98. The number of nitrogens with zero attached hydrogens (tertiary/aromatic N) is 1. The van der Waals surface area contributed by atoms with Crippen molar-refractivity contribution in [3.63, 3.8) is 0 Å². The molecule has 0 aliphatic carbocycles. The van der Waals surface area contributed by atoms with E-state index in [1.54, 1.807) is 6.07 Å². The van der Waals surface area contributed by atoms with Crippen molar-refractivity contribution in [1.29, 1.82) is 5.26 Å². The molecule has 0 aromatic heterocycles. The van der Waals surface area contributed by atoms with E-state index in [9.17, 15) is 20.3 Å². The molecule has 2 aromatic rings. The van der Waals surface area contributed by atoms with Gasteiger partial charge in [-0.05, 0) is 48.0 Å². The number of hydrogen-bond acceptors (Lipinski definition) is 5. The maximum absolute atomic E-state index is 12.2. The Labute approximate surface area is 143 Å². The van der Waals surface area contributed by atoms with Crippen molar-refractivity contribution in [1.82, 2.24) is 0 Å². The first-order chi connectivity index (χ1) is 11.4. The Morgan fingerprint density at radius 2 is 1.96 bits per heavy atom. The number of methoxy groups -OCH3 is 1. The Balaban J connectivity index is 2.29. The van der Waals surface area contributed by atoms with Gasteiger partial charge >= 0.3 is 0 Å². The number of phenols is 2. The molecule has 24 heavy (non-hydrogen) atoms. The van der Waals surface area contributed by atoms with E-state index in [-0.39, 0.29) is 27.8 Å². The maximum Gasteiger partial charge on any atom is 0.266 e. The Hall–Kier alpha value is -3.17. The molecule has 6 nitrogen and oxygen atoms in total. The number of phenolic OH excluding ortho intramolecular Hbond substituents is 2. The van der Waals surface area contributed by atoms with Gasteiger partial charge in [0, 0.05) is 5.69 Å². The molecule has 0 spiro atoms. The molecule has 0 unspecified atom stereocenters. The summed E-state index contributed by atoms with van der Waals surface area (Å²) in [5.41, 5.74) is 0.694. The molecule has 0 heterocycles. The molecule has 0 aliphatic rings. The molecular formula is C17H13ClN2O4. The number of nitrogens with one attached hydrogen (secondary N) is 1. The van der Waals surface area contributed by atoms with Crippen molar-refractivity contribution in [2.75, 3.05) is 12.4 Å². The van der Waals surface area contributed by atoms with Gasteiger partial charge in [-0.15, -0.1) is 0 Å². The number of halogens is 1.